The number of fused-ring (bicyclic) bond motifs is 2. The number of aromatic nitrogens is 4. The minimum Gasteiger partial charge on any atom is -0.369 e. The maximum atomic E-state index is 13.2. The molecule has 2 aliphatic heterocycles. The van der Waals surface area contributed by atoms with Gasteiger partial charge in [-0.15, -0.1) is 0 Å². The van der Waals surface area contributed by atoms with E-state index in [0.29, 0.717) is 42.3 Å². The molecule has 0 spiro atoms. The molecule has 0 bridgehead atoms. The highest BCUT2D eigenvalue weighted by atomic mass is 35.5. The topological polar surface area (TPSA) is 81.9 Å². The predicted molar refractivity (Wildman–Crippen MR) is 156 cm³/mol. The monoisotopic (exact) mass is 564 g/mol. The Bertz CT molecular complexity index is 1510. The van der Waals surface area contributed by atoms with Gasteiger partial charge >= 0.3 is 0 Å². The normalized spacial score (nSPS) is 15.4. The van der Waals surface area contributed by atoms with Crippen molar-refractivity contribution in [2.45, 2.75) is 26.3 Å². The van der Waals surface area contributed by atoms with E-state index in [1.54, 1.807) is 24.8 Å². The molecule has 1 fully saturated rings. The molecule has 0 atom stereocenters. The zero-order valence-electron chi connectivity index (χ0n) is 21.9. The van der Waals surface area contributed by atoms with Crippen LogP contribution in [0, 0.1) is 0 Å². The lowest BCUT2D eigenvalue weighted by molar-refractivity contribution is -0.129. The zero-order valence-corrected chi connectivity index (χ0v) is 23.5. The van der Waals surface area contributed by atoms with Crippen molar-refractivity contribution in [3.63, 3.8) is 0 Å². The molecule has 3 aromatic heterocycles. The molecule has 0 unspecified atom stereocenters. The summed E-state index contributed by atoms with van der Waals surface area (Å²) in [5.74, 6) is 0.812. The Hall–Kier alpha value is -3.56. The summed E-state index contributed by atoms with van der Waals surface area (Å²) in [6, 6.07) is 7.00. The van der Waals surface area contributed by atoms with Gasteiger partial charge in [0.15, 0.2) is 5.65 Å². The molecule has 39 heavy (non-hydrogen) atoms. The van der Waals surface area contributed by atoms with Crippen LogP contribution in [0.25, 0.3) is 16.9 Å². The number of pyridine rings is 1. The quantitative estimate of drug-likeness (QED) is 0.365. The van der Waals surface area contributed by atoms with Crippen molar-refractivity contribution >= 4 is 51.9 Å². The molecule has 1 N–H and O–H groups in total. The molecule has 9 nitrogen and oxygen atoms in total. The lowest BCUT2D eigenvalue weighted by Gasteiger charge is -2.36. The van der Waals surface area contributed by atoms with E-state index in [2.05, 4.69) is 57.1 Å². The van der Waals surface area contributed by atoms with Crippen LogP contribution in [0.15, 0.2) is 49.2 Å². The van der Waals surface area contributed by atoms with Crippen LogP contribution in [0.1, 0.15) is 19.4 Å². The van der Waals surface area contributed by atoms with Crippen molar-refractivity contribution in [3.05, 3.63) is 64.8 Å². The van der Waals surface area contributed by atoms with Crippen LogP contribution >= 0.6 is 23.2 Å². The van der Waals surface area contributed by atoms with Crippen LogP contribution in [0.3, 0.4) is 0 Å². The number of imidazole rings is 1. The number of carbonyl (C=O) groups excluding carboxylic acids is 1. The Morgan fingerprint density at radius 3 is 2.54 bits per heavy atom. The molecule has 0 saturated carbocycles. The first-order valence-electron chi connectivity index (χ1n) is 13.2. The standard InChI is InChI=1S/C28H30Cl2N8O/c1-18(2)37-7-5-19-13-20(3-4-23(19)37)26-28(38-8-6-31-16-24(38)34-26)33-17-25(39)35-9-11-36(12-10-35)27-21(29)14-32-15-22(27)30/h3-4,6,8,13-16,18,33H,5,7,9-12,17H2,1-2H3. The second-order valence-corrected chi connectivity index (χ2v) is 11.0. The highest BCUT2D eigenvalue weighted by molar-refractivity contribution is 6.38. The minimum absolute atomic E-state index is 0.0260. The molecule has 1 amide bonds. The summed E-state index contributed by atoms with van der Waals surface area (Å²) in [6.07, 6.45) is 9.53. The first kappa shape index (κ1) is 25.7. The average Bonchev–Trinajstić information content (AvgIpc) is 3.53. The van der Waals surface area contributed by atoms with E-state index in [9.17, 15) is 4.79 Å². The predicted octanol–water partition coefficient (Wildman–Crippen LogP) is 4.63. The Balaban J connectivity index is 1.19. The molecular formula is C28H30Cl2N8O. The van der Waals surface area contributed by atoms with Crippen LogP contribution in [-0.2, 0) is 11.2 Å². The highest BCUT2D eigenvalue weighted by Crippen LogP contribution is 2.36. The summed E-state index contributed by atoms with van der Waals surface area (Å²) >= 11 is 12.7. The van der Waals surface area contributed by atoms with Gasteiger partial charge in [0.05, 0.1) is 28.5 Å². The summed E-state index contributed by atoms with van der Waals surface area (Å²) in [6.45, 7) is 8.08. The number of rotatable bonds is 6. The molecule has 2 aliphatic rings. The van der Waals surface area contributed by atoms with Crippen LogP contribution in [0.4, 0.5) is 17.2 Å². The number of hydrogen-bond donors (Lipinski definition) is 1. The molecule has 0 radical (unpaired) electrons. The molecule has 5 heterocycles. The fraction of sp³-hybridized carbons (Fsp3) is 0.357. The van der Waals surface area contributed by atoms with Gasteiger partial charge in [0.2, 0.25) is 5.91 Å². The maximum Gasteiger partial charge on any atom is 0.242 e. The smallest absolute Gasteiger partial charge is 0.242 e. The van der Waals surface area contributed by atoms with E-state index < -0.39 is 0 Å². The minimum atomic E-state index is 0.0260. The fourth-order valence-electron chi connectivity index (χ4n) is 5.55. The largest absolute Gasteiger partial charge is 0.369 e. The van der Waals surface area contributed by atoms with E-state index in [4.69, 9.17) is 28.2 Å². The van der Waals surface area contributed by atoms with Crippen molar-refractivity contribution in [3.8, 4) is 11.3 Å². The van der Waals surface area contributed by atoms with E-state index in [1.165, 1.54) is 11.3 Å². The van der Waals surface area contributed by atoms with Gasteiger partial charge in [-0.3, -0.25) is 19.2 Å². The summed E-state index contributed by atoms with van der Waals surface area (Å²) in [5.41, 5.74) is 5.95. The summed E-state index contributed by atoms with van der Waals surface area (Å²) in [4.78, 5) is 32.8. The lowest BCUT2D eigenvalue weighted by Crippen LogP contribution is -2.50. The van der Waals surface area contributed by atoms with Gasteiger partial charge in [0.1, 0.15) is 11.5 Å². The summed E-state index contributed by atoms with van der Waals surface area (Å²) in [5, 5.41) is 4.43. The number of amides is 1. The molecule has 11 heteroatoms. The number of benzene rings is 1. The number of carbonyl (C=O) groups is 1. The lowest BCUT2D eigenvalue weighted by atomic mass is 10.1. The zero-order chi connectivity index (χ0) is 27.1. The molecule has 1 aromatic carbocycles. The first-order chi connectivity index (χ1) is 18.9. The number of anilines is 3. The van der Waals surface area contributed by atoms with Crippen LogP contribution < -0.4 is 15.1 Å². The Kier molecular flexibility index (Phi) is 6.95. The van der Waals surface area contributed by atoms with E-state index in [0.717, 1.165) is 41.4 Å². The van der Waals surface area contributed by atoms with Gasteiger partial charge in [0, 0.05) is 74.8 Å². The van der Waals surface area contributed by atoms with E-state index in [-0.39, 0.29) is 12.5 Å². The van der Waals surface area contributed by atoms with Gasteiger partial charge in [-0.05, 0) is 38.0 Å². The molecule has 0 aliphatic carbocycles. The van der Waals surface area contributed by atoms with Gasteiger partial charge in [-0.25, -0.2) is 4.98 Å². The van der Waals surface area contributed by atoms with Crippen molar-refractivity contribution in [2.24, 2.45) is 0 Å². The van der Waals surface area contributed by atoms with E-state index in [1.807, 2.05) is 15.5 Å². The summed E-state index contributed by atoms with van der Waals surface area (Å²) in [7, 11) is 0. The van der Waals surface area contributed by atoms with Crippen molar-refractivity contribution in [1.82, 2.24) is 24.3 Å². The van der Waals surface area contributed by atoms with Gasteiger partial charge in [-0.2, -0.15) is 0 Å². The Morgan fingerprint density at radius 2 is 1.79 bits per heavy atom. The molecule has 4 aromatic rings. The van der Waals surface area contributed by atoms with Crippen LogP contribution in [0.2, 0.25) is 10.0 Å². The summed E-state index contributed by atoms with van der Waals surface area (Å²) < 4.78 is 1.95. The van der Waals surface area contributed by atoms with E-state index >= 15 is 0 Å². The molecule has 6 rings (SSSR count). The third kappa shape index (κ3) is 4.85. The SMILES string of the molecule is CC(C)N1CCc2cc(-c3nc4cnccn4c3NCC(=O)N3CCN(c4c(Cl)cncc4Cl)CC3)ccc21. The van der Waals surface area contributed by atoms with Crippen LogP contribution in [-0.4, -0.2) is 75.5 Å². The first-order valence-corrected chi connectivity index (χ1v) is 13.9. The fourth-order valence-corrected chi connectivity index (χ4v) is 6.15. The highest BCUT2D eigenvalue weighted by Gasteiger charge is 2.26. The Labute approximate surface area is 237 Å². The van der Waals surface area contributed by atoms with Gasteiger partial charge < -0.3 is 20.0 Å². The van der Waals surface area contributed by atoms with Crippen molar-refractivity contribution in [2.75, 3.05) is 54.4 Å². The second-order valence-electron chi connectivity index (χ2n) is 10.2. The van der Waals surface area contributed by atoms with Gasteiger partial charge in [0.25, 0.3) is 0 Å². The second kappa shape index (κ2) is 10.5. The molecule has 202 valence electrons. The third-order valence-corrected chi connectivity index (χ3v) is 8.08. The average molecular weight is 566 g/mol. The Morgan fingerprint density at radius 1 is 1.03 bits per heavy atom. The van der Waals surface area contributed by atoms with Crippen molar-refractivity contribution in [1.29, 1.82) is 0 Å². The number of halogens is 2. The number of nitrogens with one attached hydrogen (secondary N) is 1. The molecule has 1 saturated heterocycles. The van der Waals surface area contributed by atoms with Crippen molar-refractivity contribution < 1.29 is 4.79 Å². The third-order valence-electron chi connectivity index (χ3n) is 7.52. The number of hydrogen-bond acceptors (Lipinski definition) is 7. The number of nitrogens with zero attached hydrogens (tertiary/aromatic N) is 7. The molecular weight excluding hydrogens is 535 g/mol. The van der Waals surface area contributed by atoms with Gasteiger partial charge in [-0.1, -0.05) is 29.3 Å². The number of piperazine rings is 1. The maximum absolute atomic E-state index is 13.2. The van der Waals surface area contributed by atoms with Crippen LogP contribution in [0.5, 0.6) is 0 Å².